The van der Waals surface area contributed by atoms with Crippen LogP contribution in [-0.2, 0) is 6.42 Å². The molecule has 5 unspecified atom stereocenters. The van der Waals surface area contributed by atoms with Crippen molar-refractivity contribution in [1.82, 2.24) is 15.5 Å². The van der Waals surface area contributed by atoms with Crippen LogP contribution in [0.1, 0.15) is 36.8 Å². The van der Waals surface area contributed by atoms with E-state index < -0.39 is 0 Å². The average Bonchev–Trinajstić information content (AvgIpc) is 3.51. The summed E-state index contributed by atoms with van der Waals surface area (Å²) in [6, 6.07) is 10.4. The zero-order chi connectivity index (χ0) is 17.0. The predicted molar refractivity (Wildman–Crippen MR) is 117 cm³/mol. The van der Waals surface area contributed by atoms with Gasteiger partial charge in [-0.3, -0.25) is 9.89 Å². The monoisotopic (exact) mass is 466 g/mol. The van der Waals surface area contributed by atoms with E-state index in [9.17, 15) is 0 Å². The maximum atomic E-state index is 4.49. The first-order valence-corrected chi connectivity index (χ1v) is 10.0. The number of nitrogens with zero attached hydrogens (tertiary/aromatic N) is 2. The lowest BCUT2D eigenvalue weighted by molar-refractivity contribution is 0.315. The second-order valence-corrected chi connectivity index (χ2v) is 8.62. The fourth-order valence-corrected chi connectivity index (χ4v) is 5.28. The molecule has 3 aliphatic carbocycles. The lowest BCUT2D eigenvalue weighted by Gasteiger charge is -2.21. The van der Waals surface area contributed by atoms with E-state index in [4.69, 9.17) is 0 Å². The van der Waals surface area contributed by atoms with E-state index in [1.54, 1.807) is 11.1 Å². The highest BCUT2D eigenvalue weighted by Gasteiger charge is 2.55. The van der Waals surface area contributed by atoms with E-state index in [1.807, 2.05) is 7.05 Å². The minimum atomic E-state index is 0. The molecule has 142 valence electrons. The van der Waals surface area contributed by atoms with Crippen molar-refractivity contribution in [2.75, 3.05) is 26.7 Å². The molecule has 0 spiro atoms. The van der Waals surface area contributed by atoms with Crippen molar-refractivity contribution in [2.24, 2.45) is 22.7 Å². The Bertz CT molecular complexity index is 686. The Morgan fingerprint density at radius 1 is 1.23 bits per heavy atom. The van der Waals surface area contributed by atoms with Crippen molar-refractivity contribution >= 4 is 29.9 Å². The number of likely N-dealkylation sites (tertiary alicyclic amines) is 1. The summed E-state index contributed by atoms with van der Waals surface area (Å²) in [5, 5.41) is 7.31. The van der Waals surface area contributed by atoms with E-state index >= 15 is 0 Å². The smallest absolute Gasteiger partial charge is 0.191 e. The first kappa shape index (κ1) is 18.5. The topological polar surface area (TPSA) is 39.7 Å². The number of nitrogens with one attached hydrogen (secondary N) is 2. The molecule has 0 aromatic heterocycles. The SMILES string of the molecule is CN=C(NCC1C2Cc3ccccc3C12)NC1CN(C2CC2)CC1C.I. The van der Waals surface area contributed by atoms with E-state index in [0.29, 0.717) is 12.0 Å². The van der Waals surface area contributed by atoms with Gasteiger partial charge in [-0.25, -0.2) is 0 Å². The molecular formula is C21H31IN4. The molecule has 3 fully saturated rings. The maximum Gasteiger partial charge on any atom is 0.191 e. The van der Waals surface area contributed by atoms with Crippen LogP contribution in [0.5, 0.6) is 0 Å². The van der Waals surface area contributed by atoms with Gasteiger partial charge in [0.15, 0.2) is 5.96 Å². The highest BCUT2D eigenvalue weighted by Crippen LogP contribution is 2.60. The maximum absolute atomic E-state index is 4.49. The molecule has 1 aromatic carbocycles. The highest BCUT2D eigenvalue weighted by atomic mass is 127. The van der Waals surface area contributed by atoms with Gasteiger partial charge in [-0.2, -0.15) is 0 Å². The Balaban J connectivity index is 0.00000168. The first-order chi connectivity index (χ1) is 12.2. The molecule has 0 radical (unpaired) electrons. The van der Waals surface area contributed by atoms with Crippen LogP contribution in [0, 0.1) is 17.8 Å². The quantitative estimate of drug-likeness (QED) is 0.408. The molecule has 2 saturated carbocycles. The third-order valence-corrected chi connectivity index (χ3v) is 6.96. The molecule has 1 aromatic rings. The van der Waals surface area contributed by atoms with Gasteiger partial charge in [-0.05, 0) is 54.1 Å². The van der Waals surface area contributed by atoms with Crippen molar-refractivity contribution < 1.29 is 0 Å². The standard InChI is InChI=1S/C21H30N4.HI/c1-13-11-25(15-7-8-15)12-19(13)24-21(22-2)23-10-18-17-9-14-5-3-4-6-16(14)20(17)18;/h3-6,13,15,17-20H,7-12H2,1-2H3,(H2,22,23,24);1H. The summed E-state index contributed by atoms with van der Waals surface area (Å²) in [5.41, 5.74) is 3.18. The first-order valence-electron chi connectivity index (χ1n) is 10.0. The molecule has 1 heterocycles. The molecule has 2 N–H and O–H groups in total. The van der Waals surface area contributed by atoms with Gasteiger partial charge < -0.3 is 10.6 Å². The predicted octanol–water partition coefficient (Wildman–Crippen LogP) is 2.84. The summed E-state index contributed by atoms with van der Waals surface area (Å²) >= 11 is 0. The van der Waals surface area contributed by atoms with Gasteiger partial charge in [0, 0.05) is 38.8 Å². The number of rotatable bonds is 4. The number of fused-ring (bicyclic) bond motifs is 3. The zero-order valence-electron chi connectivity index (χ0n) is 15.8. The lowest BCUT2D eigenvalue weighted by atomic mass is 10.0. The van der Waals surface area contributed by atoms with Crippen LogP contribution in [-0.4, -0.2) is 49.6 Å². The normalized spacial score (nSPS) is 35.5. The summed E-state index contributed by atoms with van der Waals surface area (Å²) in [7, 11) is 1.90. The molecule has 1 aliphatic heterocycles. The molecule has 1 saturated heterocycles. The fraction of sp³-hybridized carbons (Fsp3) is 0.667. The molecule has 4 nitrogen and oxygen atoms in total. The summed E-state index contributed by atoms with van der Waals surface area (Å²) in [6.45, 7) is 5.84. The number of hydrogen-bond donors (Lipinski definition) is 2. The Morgan fingerprint density at radius 2 is 2.04 bits per heavy atom. The molecule has 0 bridgehead atoms. The van der Waals surface area contributed by atoms with Crippen LogP contribution in [0.25, 0.3) is 0 Å². The molecule has 4 aliphatic rings. The van der Waals surface area contributed by atoms with Gasteiger partial charge >= 0.3 is 0 Å². The van der Waals surface area contributed by atoms with Crippen LogP contribution in [0.3, 0.4) is 0 Å². The largest absolute Gasteiger partial charge is 0.356 e. The average molecular weight is 466 g/mol. The van der Waals surface area contributed by atoms with Crippen LogP contribution in [0.4, 0.5) is 0 Å². The van der Waals surface area contributed by atoms with E-state index in [0.717, 1.165) is 36.3 Å². The number of aliphatic imine (C=N–C) groups is 1. The van der Waals surface area contributed by atoms with Crippen molar-refractivity contribution in [3.63, 3.8) is 0 Å². The second-order valence-electron chi connectivity index (χ2n) is 8.62. The summed E-state index contributed by atoms with van der Waals surface area (Å²) in [4.78, 5) is 7.15. The minimum absolute atomic E-state index is 0. The van der Waals surface area contributed by atoms with Crippen LogP contribution in [0.2, 0.25) is 0 Å². The number of benzene rings is 1. The van der Waals surface area contributed by atoms with Crippen molar-refractivity contribution in [3.05, 3.63) is 35.4 Å². The Morgan fingerprint density at radius 3 is 2.81 bits per heavy atom. The van der Waals surface area contributed by atoms with E-state index in [1.165, 1.54) is 32.4 Å². The van der Waals surface area contributed by atoms with E-state index in [2.05, 4.69) is 51.7 Å². The van der Waals surface area contributed by atoms with Gasteiger partial charge in [0.25, 0.3) is 0 Å². The lowest BCUT2D eigenvalue weighted by Crippen LogP contribution is -2.47. The highest BCUT2D eigenvalue weighted by molar-refractivity contribution is 14.0. The van der Waals surface area contributed by atoms with Crippen LogP contribution in [0.15, 0.2) is 29.3 Å². The third kappa shape index (κ3) is 3.37. The Labute approximate surface area is 174 Å². The van der Waals surface area contributed by atoms with Gasteiger partial charge in [0.1, 0.15) is 0 Å². The number of hydrogen-bond acceptors (Lipinski definition) is 2. The molecule has 0 amide bonds. The van der Waals surface area contributed by atoms with Crippen molar-refractivity contribution in [3.8, 4) is 0 Å². The second kappa shape index (κ2) is 7.30. The number of guanidine groups is 1. The van der Waals surface area contributed by atoms with E-state index in [-0.39, 0.29) is 24.0 Å². The summed E-state index contributed by atoms with van der Waals surface area (Å²) in [5.74, 6) is 4.13. The van der Waals surface area contributed by atoms with Crippen molar-refractivity contribution in [1.29, 1.82) is 0 Å². The Kier molecular flexibility index (Phi) is 5.21. The number of halogens is 1. The Hall–Kier alpha value is -0.820. The molecule has 5 rings (SSSR count). The van der Waals surface area contributed by atoms with Gasteiger partial charge in [0.05, 0.1) is 0 Å². The molecular weight excluding hydrogens is 435 g/mol. The molecule has 5 heteroatoms. The van der Waals surface area contributed by atoms with Crippen molar-refractivity contribution in [2.45, 2.75) is 44.2 Å². The molecule has 26 heavy (non-hydrogen) atoms. The summed E-state index contributed by atoms with van der Waals surface area (Å²) < 4.78 is 0. The fourth-order valence-electron chi connectivity index (χ4n) is 5.28. The van der Waals surface area contributed by atoms with Crippen LogP contribution >= 0.6 is 24.0 Å². The summed E-state index contributed by atoms with van der Waals surface area (Å²) in [6.07, 6.45) is 4.08. The molecule has 5 atom stereocenters. The third-order valence-electron chi connectivity index (χ3n) is 6.96. The van der Waals surface area contributed by atoms with Gasteiger partial charge in [-0.1, -0.05) is 31.2 Å². The van der Waals surface area contributed by atoms with Gasteiger partial charge in [0.2, 0.25) is 0 Å². The minimum Gasteiger partial charge on any atom is -0.356 e. The van der Waals surface area contributed by atoms with Crippen LogP contribution < -0.4 is 10.6 Å². The zero-order valence-corrected chi connectivity index (χ0v) is 18.1. The van der Waals surface area contributed by atoms with Gasteiger partial charge in [-0.15, -0.1) is 24.0 Å².